The summed E-state index contributed by atoms with van der Waals surface area (Å²) in [5.41, 5.74) is 0. The van der Waals surface area contributed by atoms with E-state index in [1.807, 2.05) is 0 Å². The third-order valence-electron chi connectivity index (χ3n) is 2.84. The number of furan rings is 1. The molecular formula is C11H13F3N2O2. The maximum Gasteiger partial charge on any atom is 0.410 e. The van der Waals surface area contributed by atoms with Gasteiger partial charge in [-0.05, 0) is 13.0 Å². The second-order valence-electron chi connectivity index (χ2n) is 4.19. The fraction of sp³-hybridized carbons (Fsp3) is 0.545. The number of anilines is 1. The van der Waals surface area contributed by atoms with Crippen molar-refractivity contribution in [2.75, 3.05) is 18.0 Å². The Kier molecular flexibility index (Phi) is 3.23. The lowest BCUT2D eigenvalue weighted by atomic mass is 10.2. The van der Waals surface area contributed by atoms with Crippen LogP contribution in [0.1, 0.15) is 12.2 Å². The smallest absolute Gasteiger partial charge is 0.410 e. The molecule has 1 saturated heterocycles. The van der Waals surface area contributed by atoms with Gasteiger partial charge in [-0.2, -0.15) is 13.2 Å². The van der Waals surface area contributed by atoms with Gasteiger partial charge in [0.1, 0.15) is 11.8 Å². The van der Waals surface area contributed by atoms with Crippen molar-refractivity contribution in [1.82, 2.24) is 5.32 Å². The summed E-state index contributed by atoms with van der Waals surface area (Å²) in [4.78, 5) is 12.3. The second-order valence-corrected chi connectivity index (χ2v) is 4.19. The number of nitrogens with one attached hydrogen (secondary N) is 1. The zero-order valence-electron chi connectivity index (χ0n) is 9.75. The maximum atomic E-state index is 13.0. The van der Waals surface area contributed by atoms with Gasteiger partial charge in [0.15, 0.2) is 5.88 Å². The summed E-state index contributed by atoms with van der Waals surface area (Å²) in [6, 6.07) is 1.33. The number of carbonyl (C=O) groups is 1. The molecule has 1 N–H and O–H groups in total. The number of nitrogens with zero attached hydrogens (tertiary/aromatic N) is 1. The Balaban J connectivity index is 2.30. The Labute approximate surface area is 102 Å². The van der Waals surface area contributed by atoms with Gasteiger partial charge in [0.05, 0.1) is 0 Å². The van der Waals surface area contributed by atoms with Crippen LogP contribution in [0, 0.1) is 6.92 Å². The van der Waals surface area contributed by atoms with Crippen molar-refractivity contribution in [1.29, 1.82) is 0 Å². The van der Waals surface area contributed by atoms with E-state index in [2.05, 4.69) is 5.32 Å². The van der Waals surface area contributed by atoms with E-state index in [-0.39, 0.29) is 24.8 Å². The van der Waals surface area contributed by atoms with E-state index in [0.717, 1.165) is 4.90 Å². The van der Waals surface area contributed by atoms with Gasteiger partial charge in [-0.15, -0.1) is 0 Å². The lowest BCUT2D eigenvalue weighted by Gasteiger charge is -2.30. The van der Waals surface area contributed by atoms with Crippen LogP contribution in [0.15, 0.2) is 16.5 Å². The minimum absolute atomic E-state index is 0.0109. The third-order valence-corrected chi connectivity index (χ3v) is 2.84. The van der Waals surface area contributed by atoms with E-state index in [9.17, 15) is 18.0 Å². The van der Waals surface area contributed by atoms with Crippen LogP contribution in [0.25, 0.3) is 0 Å². The van der Waals surface area contributed by atoms with Crippen molar-refractivity contribution in [2.45, 2.75) is 25.6 Å². The molecule has 0 aliphatic carbocycles. The lowest BCUT2D eigenvalue weighted by molar-refractivity contribution is -0.147. The normalized spacial score (nSPS) is 21.7. The Hall–Kier alpha value is -1.66. The van der Waals surface area contributed by atoms with Crippen LogP contribution in [0.5, 0.6) is 0 Å². The van der Waals surface area contributed by atoms with Gasteiger partial charge < -0.3 is 14.6 Å². The monoisotopic (exact) mass is 262 g/mol. The van der Waals surface area contributed by atoms with Gasteiger partial charge in [0.2, 0.25) is 5.91 Å². The van der Waals surface area contributed by atoms with Gasteiger partial charge >= 0.3 is 6.18 Å². The highest BCUT2D eigenvalue weighted by Crippen LogP contribution is 2.30. The van der Waals surface area contributed by atoms with E-state index in [0.29, 0.717) is 5.76 Å². The van der Waals surface area contributed by atoms with Crippen LogP contribution in [-0.2, 0) is 4.79 Å². The lowest BCUT2D eigenvalue weighted by Crippen LogP contribution is -2.50. The number of carbonyl (C=O) groups excluding carboxylic acids is 1. The average molecular weight is 262 g/mol. The SMILES string of the molecule is Cc1ccc(N2CCC(=O)NCC2C(F)(F)F)o1. The quantitative estimate of drug-likeness (QED) is 0.840. The molecule has 0 aromatic carbocycles. The van der Waals surface area contributed by atoms with Crippen molar-refractivity contribution >= 4 is 11.8 Å². The zero-order valence-corrected chi connectivity index (χ0v) is 9.75. The number of amides is 1. The molecule has 0 bridgehead atoms. The van der Waals surface area contributed by atoms with Crippen LogP contribution >= 0.6 is 0 Å². The molecule has 1 amide bonds. The Morgan fingerprint density at radius 2 is 2.17 bits per heavy atom. The van der Waals surface area contributed by atoms with Crippen molar-refractivity contribution in [3.63, 3.8) is 0 Å². The Morgan fingerprint density at radius 3 is 2.72 bits per heavy atom. The van der Waals surface area contributed by atoms with E-state index < -0.39 is 18.8 Å². The predicted molar refractivity (Wildman–Crippen MR) is 58.3 cm³/mol. The summed E-state index contributed by atoms with van der Waals surface area (Å²) in [6.07, 6.45) is -4.40. The van der Waals surface area contributed by atoms with Crippen molar-refractivity contribution in [3.05, 3.63) is 17.9 Å². The average Bonchev–Trinajstić information content (AvgIpc) is 2.57. The molecule has 1 fully saturated rings. The predicted octanol–water partition coefficient (Wildman–Crippen LogP) is 1.85. The molecule has 0 spiro atoms. The van der Waals surface area contributed by atoms with Crippen LogP contribution < -0.4 is 10.2 Å². The first-order chi connectivity index (χ1) is 8.38. The molecular weight excluding hydrogens is 249 g/mol. The van der Waals surface area contributed by atoms with E-state index in [1.54, 1.807) is 13.0 Å². The van der Waals surface area contributed by atoms with Gasteiger partial charge in [-0.25, -0.2) is 0 Å². The van der Waals surface area contributed by atoms with Crippen molar-refractivity contribution in [2.24, 2.45) is 0 Å². The summed E-state index contributed by atoms with van der Waals surface area (Å²) in [6.45, 7) is 1.19. The zero-order chi connectivity index (χ0) is 13.3. The molecule has 100 valence electrons. The molecule has 4 nitrogen and oxygen atoms in total. The van der Waals surface area contributed by atoms with Crippen LogP contribution in [0.2, 0.25) is 0 Å². The highest BCUT2D eigenvalue weighted by molar-refractivity contribution is 5.77. The number of alkyl halides is 3. The molecule has 1 aliphatic heterocycles. The molecule has 1 unspecified atom stereocenters. The Bertz CT molecular complexity index is 442. The minimum Gasteiger partial charge on any atom is -0.446 e. The summed E-state index contributed by atoms with van der Waals surface area (Å²) in [5.74, 6) is 0.302. The summed E-state index contributed by atoms with van der Waals surface area (Å²) in [7, 11) is 0. The first-order valence-corrected chi connectivity index (χ1v) is 5.54. The fourth-order valence-electron chi connectivity index (χ4n) is 1.92. The summed E-state index contributed by atoms with van der Waals surface area (Å²) < 4.78 is 44.1. The van der Waals surface area contributed by atoms with Gasteiger partial charge in [0.25, 0.3) is 0 Å². The summed E-state index contributed by atoms with van der Waals surface area (Å²) in [5, 5.41) is 2.27. The van der Waals surface area contributed by atoms with E-state index in [1.165, 1.54) is 6.07 Å². The van der Waals surface area contributed by atoms with Crippen LogP contribution in [0.4, 0.5) is 19.1 Å². The molecule has 2 rings (SSSR count). The molecule has 7 heteroatoms. The molecule has 1 aromatic heterocycles. The maximum absolute atomic E-state index is 13.0. The van der Waals surface area contributed by atoms with E-state index >= 15 is 0 Å². The highest BCUT2D eigenvalue weighted by Gasteiger charge is 2.45. The van der Waals surface area contributed by atoms with Gasteiger partial charge in [0, 0.05) is 25.6 Å². The minimum atomic E-state index is -4.42. The van der Waals surface area contributed by atoms with Crippen molar-refractivity contribution < 1.29 is 22.4 Å². The first kappa shape index (κ1) is 12.8. The van der Waals surface area contributed by atoms with Crippen LogP contribution in [-0.4, -0.2) is 31.2 Å². The topological polar surface area (TPSA) is 45.5 Å². The number of hydrogen-bond donors (Lipinski definition) is 1. The number of halogens is 3. The standard InChI is InChI=1S/C11H13F3N2O2/c1-7-2-3-10(18-7)16-5-4-9(17)15-6-8(16)11(12,13)14/h2-3,8H,4-6H2,1H3,(H,15,17). The van der Waals surface area contributed by atoms with E-state index in [4.69, 9.17) is 4.42 Å². The number of rotatable bonds is 1. The molecule has 1 atom stereocenters. The molecule has 1 aliphatic rings. The van der Waals surface area contributed by atoms with Crippen molar-refractivity contribution in [3.8, 4) is 0 Å². The molecule has 2 heterocycles. The number of hydrogen-bond acceptors (Lipinski definition) is 3. The second kappa shape index (κ2) is 4.55. The van der Waals surface area contributed by atoms with Gasteiger partial charge in [-0.3, -0.25) is 4.79 Å². The highest BCUT2D eigenvalue weighted by atomic mass is 19.4. The summed E-state index contributed by atoms with van der Waals surface area (Å²) >= 11 is 0. The molecule has 18 heavy (non-hydrogen) atoms. The first-order valence-electron chi connectivity index (χ1n) is 5.54. The fourth-order valence-corrected chi connectivity index (χ4v) is 1.92. The largest absolute Gasteiger partial charge is 0.446 e. The molecule has 1 aromatic rings. The number of aryl methyl sites for hydroxylation is 1. The third kappa shape index (κ3) is 2.60. The Morgan fingerprint density at radius 1 is 1.44 bits per heavy atom. The van der Waals surface area contributed by atoms with Crippen LogP contribution in [0.3, 0.4) is 0 Å². The molecule has 0 radical (unpaired) electrons. The molecule has 0 saturated carbocycles. The van der Waals surface area contributed by atoms with Gasteiger partial charge in [-0.1, -0.05) is 0 Å².